The highest BCUT2D eigenvalue weighted by Crippen LogP contribution is 2.20. The van der Waals surface area contributed by atoms with Gasteiger partial charge in [0.25, 0.3) is 0 Å². The zero-order valence-electron chi connectivity index (χ0n) is 18.4. The van der Waals surface area contributed by atoms with E-state index in [9.17, 15) is 0 Å². The van der Waals surface area contributed by atoms with Crippen molar-refractivity contribution in [3.05, 3.63) is 35.9 Å². The zero-order valence-corrected chi connectivity index (χ0v) is 20.8. The maximum absolute atomic E-state index is 4.48. The molecule has 2 aliphatic rings. The fourth-order valence-corrected chi connectivity index (χ4v) is 4.63. The van der Waals surface area contributed by atoms with Crippen LogP contribution in [0.25, 0.3) is 0 Å². The van der Waals surface area contributed by atoms with E-state index in [1.165, 1.54) is 50.9 Å². The summed E-state index contributed by atoms with van der Waals surface area (Å²) < 4.78 is 0. The Bertz CT molecular complexity index is 609. The second-order valence-corrected chi connectivity index (χ2v) is 8.58. The fourth-order valence-electron chi connectivity index (χ4n) is 4.63. The molecule has 3 rings (SSSR count). The summed E-state index contributed by atoms with van der Waals surface area (Å²) in [6, 6.07) is 11.9. The number of benzene rings is 1. The molecule has 0 aromatic heterocycles. The van der Waals surface area contributed by atoms with Crippen molar-refractivity contribution in [1.82, 2.24) is 20.4 Å². The average Bonchev–Trinajstić information content (AvgIpc) is 3.16. The van der Waals surface area contributed by atoms with Crippen LogP contribution in [0.2, 0.25) is 0 Å². The van der Waals surface area contributed by atoms with E-state index < -0.39 is 0 Å². The molecule has 0 amide bonds. The largest absolute Gasteiger partial charge is 0.356 e. The van der Waals surface area contributed by atoms with Crippen LogP contribution >= 0.6 is 24.0 Å². The van der Waals surface area contributed by atoms with Crippen LogP contribution in [-0.4, -0.2) is 67.6 Å². The van der Waals surface area contributed by atoms with Crippen LogP contribution < -0.4 is 10.6 Å². The summed E-state index contributed by atoms with van der Waals surface area (Å²) in [4.78, 5) is 9.67. The van der Waals surface area contributed by atoms with E-state index in [-0.39, 0.29) is 24.0 Å². The number of halogens is 1. The van der Waals surface area contributed by atoms with Gasteiger partial charge in [0.15, 0.2) is 5.96 Å². The lowest BCUT2D eigenvalue weighted by atomic mass is 9.97. The third-order valence-corrected chi connectivity index (χ3v) is 6.27. The molecule has 29 heavy (non-hydrogen) atoms. The SMILES string of the molecule is CCCN1CCC(CNC(=NC)NC2CCN(Cc3ccccc3)C(C)C2)C1.I. The molecule has 2 aliphatic heterocycles. The molecule has 3 unspecified atom stereocenters. The van der Waals surface area contributed by atoms with Gasteiger partial charge in [0.05, 0.1) is 0 Å². The Labute approximate surface area is 194 Å². The second kappa shape index (κ2) is 12.7. The summed E-state index contributed by atoms with van der Waals surface area (Å²) in [5.41, 5.74) is 1.41. The van der Waals surface area contributed by atoms with Gasteiger partial charge in [-0.3, -0.25) is 9.89 Å². The molecule has 2 fully saturated rings. The number of nitrogens with one attached hydrogen (secondary N) is 2. The number of guanidine groups is 1. The fraction of sp³-hybridized carbons (Fsp3) is 0.696. The Balaban J connectivity index is 0.00000300. The normalized spacial score (nSPS) is 26.2. The van der Waals surface area contributed by atoms with E-state index in [1.807, 2.05) is 7.05 Å². The Morgan fingerprint density at radius 1 is 1.17 bits per heavy atom. The molecule has 0 aliphatic carbocycles. The summed E-state index contributed by atoms with van der Waals surface area (Å²) in [6.45, 7) is 11.6. The van der Waals surface area contributed by atoms with Gasteiger partial charge in [-0.25, -0.2) is 0 Å². The van der Waals surface area contributed by atoms with Crippen LogP contribution in [0.5, 0.6) is 0 Å². The lowest BCUT2D eigenvalue weighted by molar-refractivity contribution is 0.134. The van der Waals surface area contributed by atoms with Gasteiger partial charge in [-0.2, -0.15) is 0 Å². The molecule has 0 spiro atoms. The number of hydrogen-bond donors (Lipinski definition) is 2. The monoisotopic (exact) mass is 513 g/mol. The minimum Gasteiger partial charge on any atom is -0.356 e. The number of rotatable bonds is 7. The van der Waals surface area contributed by atoms with E-state index in [0.717, 1.165) is 31.5 Å². The van der Waals surface area contributed by atoms with Crippen molar-refractivity contribution in [2.75, 3.05) is 39.8 Å². The van der Waals surface area contributed by atoms with Crippen molar-refractivity contribution in [3.8, 4) is 0 Å². The lowest BCUT2D eigenvalue weighted by Gasteiger charge is -2.38. The van der Waals surface area contributed by atoms with Crippen molar-refractivity contribution < 1.29 is 0 Å². The van der Waals surface area contributed by atoms with Gasteiger partial charge in [0.1, 0.15) is 0 Å². The molecule has 2 heterocycles. The van der Waals surface area contributed by atoms with Gasteiger partial charge in [-0.05, 0) is 57.2 Å². The minimum atomic E-state index is 0. The van der Waals surface area contributed by atoms with Crippen molar-refractivity contribution >= 4 is 29.9 Å². The number of piperidine rings is 1. The van der Waals surface area contributed by atoms with Crippen LogP contribution in [0.15, 0.2) is 35.3 Å². The Kier molecular flexibility index (Phi) is 10.7. The molecule has 164 valence electrons. The smallest absolute Gasteiger partial charge is 0.191 e. The van der Waals surface area contributed by atoms with Crippen LogP contribution in [0.4, 0.5) is 0 Å². The number of likely N-dealkylation sites (tertiary alicyclic amines) is 2. The van der Waals surface area contributed by atoms with Crippen LogP contribution in [0.3, 0.4) is 0 Å². The third-order valence-electron chi connectivity index (χ3n) is 6.27. The summed E-state index contributed by atoms with van der Waals surface area (Å²) in [5, 5.41) is 7.27. The van der Waals surface area contributed by atoms with E-state index >= 15 is 0 Å². The number of aliphatic imine (C=N–C) groups is 1. The van der Waals surface area contributed by atoms with Crippen LogP contribution in [0.1, 0.15) is 45.1 Å². The molecule has 2 saturated heterocycles. The molecular formula is C23H40IN5. The Morgan fingerprint density at radius 2 is 1.97 bits per heavy atom. The molecule has 1 aromatic rings. The van der Waals surface area contributed by atoms with E-state index in [4.69, 9.17) is 0 Å². The molecule has 1 aromatic carbocycles. The first-order valence-corrected chi connectivity index (χ1v) is 11.2. The molecular weight excluding hydrogens is 473 g/mol. The lowest BCUT2D eigenvalue weighted by Crippen LogP contribution is -2.51. The van der Waals surface area contributed by atoms with Crippen molar-refractivity contribution in [3.63, 3.8) is 0 Å². The predicted molar refractivity (Wildman–Crippen MR) is 134 cm³/mol. The first-order chi connectivity index (χ1) is 13.7. The van der Waals surface area contributed by atoms with Crippen molar-refractivity contribution in [2.45, 2.75) is 58.2 Å². The van der Waals surface area contributed by atoms with Crippen molar-refractivity contribution in [2.24, 2.45) is 10.9 Å². The van der Waals surface area contributed by atoms with Gasteiger partial charge >= 0.3 is 0 Å². The summed E-state index contributed by atoms with van der Waals surface area (Å²) in [7, 11) is 1.89. The van der Waals surface area contributed by atoms with Gasteiger partial charge in [-0.1, -0.05) is 37.3 Å². The topological polar surface area (TPSA) is 42.9 Å². The molecule has 3 atom stereocenters. The minimum absolute atomic E-state index is 0. The zero-order chi connectivity index (χ0) is 19.8. The highest BCUT2D eigenvalue weighted by Gasteiger charge is 2.26. The van der Waals surface area contributed by atoms with Gasteiger partial charge < -0.3 is 15.5 Å². The molecule has 2 N–H and O–H groups in total. The molecule has 0 saturated carbocycles. The number of hydrogen-bond acceptors (Lipinski definition) is 3. The van der Waals surface area contributed by atoms with Crippen LogP contribution in [0, 0.1) is 5.92 Å². The third kappa shape index (κ3) is 7.72. The van der Waals surface area contributed by atoms with Crippen molar-refractivity contribution in [1.29, 1.82) is 0 Å². The Hall–Kier alpha value is -0.860. The Morgan fingerprint density at radius 3 is 2.66 bits per heavy atom. The summed E-state index contributed by atoms with van der Waals surface area (Å²) in [6.07, 6.45) is 4.90. The van der Waals surface area contributed by atoms with Gasteiger partial charge in [-0.15, -0.1) is 24.0 Å². The van der Waals surface area contributed by atoms with Gasteiger partial charge in [0.2, 0.25) is 0 Å². The second-order valence-electron chi connectivity index (χ2n) is 8.58. The van der Waals surface area contributed by atoms with Gasteiger partial charge in [0, 0.05) is 45.3 Å². The highest BCUT2D eigenvalue weighted by molar-refractivity contribution is 14.0. The van der Waals surface area contributed by atoms with E-state index in [1.54, 1.807) is 0 Å². The van der Waals surface area contributed by atoms with E-state index in [2.05, 4.69) is 69.6 Å². The molecule has 5 nitrogen and oxygen atoms in total. The maximum atomic E-state index is 4.48. The van der Waals surface area contributed by atoms with E-state index in [0.29, 0.717) is 12.1 Å². The summed E-state index contributed by atoms with van der Waals surface area (Å²) >= 11 is 0. The quantitative estimate of drug-likeness (QED) is 0.333. The maximum Gasteiger partial charge on any atom is 0.191 e. The average molecular weight is 514 g/mol. The first-order valence-electron chi connectivity index (χ1n) is 11.2. The highest BCUT2D eigenvalue weighted by atomic mass is 127. The molecule has 0 bridgehead atoms. The first kappa shape index (κ1) is 24.4. The number of nitrogens with zero attached hydrogens (tertiary/aromatic N) is 3. The molecule has 6 heteroatoms. The standard InChI is InChI=1S/C23H39N5.HI/c1-4-12-27-13-10-21(17-27)16-25-23(24-3)26-22-11-14-28(19(2)15-22)18-20-8-6-5-7-9-20;/h5-9,19,21-22H,4,10-18H2,1-3H3,(H2,24,25,26);1H. The predicted octanol–water partition coefficient (Wildman–Crippen LogP) is 3.55. The summed E-state index contributed by atoms with van der Waals surface area (Å²) in [5.74, 6) is 1.72. The molecule has 0 radical (unpaired) electrons. The van der Waals surface area contributed by atoms with Crippen LogP contribution in [-0.2, 0) is 6.54 Å².